The first kappa shape index (κ1) is 39.4. The molecule has 0 saturated carbocycles. The van der Waals surface area contributed by atoms with Gasteiger partial charge >= 0.3 is 0 Å². The number of aryl methyl sites for hydroxylation is 1. The van der Waals surface area contributed by atoms with Crippen molar-refractivity contribution in [1.29, 1.82) is 0 Å². The topological polar surface area (TPSA) is 261 Å². The zero-order valence-corrected chi connectivity index (χ0v) is 31.3. The Morgan fingerprint density at radius 1 is 0.930 bits per heavy atom. The van der Waals surface area contributed by atoms with Crippen LogP contribution in [0.5, 0.6) is 5.75 Å². The Kier molecular flexibility index (Phi) is 12.1. The predicted octanol–water partition coefficient (Wildman–Crippen LogP) is 1.51. The minimum Gasteiger partial charge on any atom is -0.494 e. The summed E-state index contributed by atoms with van der Waals surface area (Å²) in [4.78, 5) is 93.4. The monoisotopic (exact) mass is 780 g/mol. The number of ether oxygens (including phenoxy) is 1. The number of rotatable bonds is 16. The van der Waals surface area contributed by atoms with Crippen molar-refractivity contribution < 1.29 is 38.3 Å². The summed E-state index contributed by atoms with van der Waals surface area (Å²) in [6.07, 6.45) is 3.61. The van der Waals surface area contributed by atoms with Gasteiger partial charge in [0.15, 0.2) is 23.1 Å². The zero-order chi connectivity index (χ0) is 40.6. The molecule has 20 heteroatoms. The van der Waals surface area contributed by atoms with E-state index in [9.17, 15) is 33.6 Å². The quantitative estimate of drug-likeness (QED) is 0.0696. The number of carbonyl (C=O) groups excluding carboxylic acids is 7. The SMILES string of the molecule is CNC(=O)c1nnc(NC(=O)CNC(=O)CCCCCNc2cccc3c2C(=O)N(C2CCC(=O)NC2=O)C3=O)cc1Nc1cccc(-c2ncn(C)n2)c1OC. The van der Waals surface area contributed by atoms with E-state index in [0.717, 1.165) is 4.90 Å². The molecule has 4 aromatic rings. The van der Waals surface area contributed by atoms with Crippen LogP contribution in [0.25, 0.3) is 11.4 Å². The zero-order valence-electron chi connectivity index (χ0n) is 31.3. The number of nitrogens with zero attached hydrogens (tertiary/aromatic N) is 6. The number of nitrogens with one attached hydrogen (secondary N) is 6. The summed E-state index contributed by atoms with van der Waals surface area (Å²) in [5.74, 6) is -2.88. The Morgan fingerprint density at radius 3 is 2.42 bits per heavy atom. The number of hydrogen-bond donors (Lipinski definition) is 6. The van der Waals surface area contributed by atoms with Crippen LogP contribution in [0.3, 0.4) is 0 Å². The Balaban J connectivity index is 0.967. The van der Waals surface area contributed by atoms with E-state index in [-0.39, 0.29) is 60.0 Å². The molecule has 2 aromatic heterocycles. The number of aromatic nitrogens is 5. The molecule has 0 radical (unpaired) electrons. The molecular weight excluding hydrogens is 740 g/mol. The predicted molar refractivity (Wildman–Crippen MR) is 203 cm³/mol. The highest BCUT2D eigenvalue weighted by atomic mass is 16.5. The molecule has 0 bridgehead atoms. The molecule has 6 rings (SSSR count). The molecule has 0 aliphatic carbocycles. The van der Waals surface area contributed by atoms with Gasteiger partial charge in [-0.3, -0.25) is 48.5 Å². The number of unbranched alkanes of at least 4 members (excludes halogenated alkanes) is 2. The lowest BCUT2D eigenvalue weighted by Crippen LogP contribution is -2.54. The van der Waals surface area contributed by atoms with Gasteiger partial charge in [-0.2, -0.15) is 5.10 Å². The highest BCUT2D eigenvalue weighted by Gasteiger charge is 2.45. The van der Waals surface area contributed by atoms with E-state index < -0.39 is 41.5 Å². The van der Waals surface area contributed by atoms with Crippen LogP contribution < -0.4 is 36.6 Å². The van der Waals surface area contributed by atoms with Gasteiger partial charge in [-0.1, -0.05) is 18.6 Å². The molecule has 2 aromatic carbocycles. The molecule has 2 aliphatic heterocycles. The van der Waals surface area contributed by atoms with E-state index in [1.54, 1.807) is 48.4 Å². The van der Waals surface area contributed by atoms with Crippen LogP contribution in [0.4, 0.5) is 22.9 Å². The fourth-order valence-electron chi connectivity index (χ4n) is 6.40. The van der Waals surface area contributed by atoms with Crippen LogP contribution >= 0.6 is 0 Å². The lowest BCUT2D eigenvalue weighted by atomic mass is 10.0. The number of methoxy groups -OCH3 is 1. The Hall–Kier alpha value is -7.25. The number of para-hydroxylation sites is 1. The van der Waals surface area contributed by atoms with Crippen molar-refractivity contribution in [2.45, 2.75) is 44.6 Å². The van der Waals surface area contributed by atoms with Gasteiger partial charge in [0.2, 0.25) is 23.6 Å². The molecule has 2 aliphatic rings. The van der Waals surface area contributed by atoms with Gasteiger partial charge < -0.3 is 31.3 Å². The normalized spacial score (nSPS) is 14.8. The van der Waals surface area contributed by atoms with Gasteiger partial charge in [0, 0.05) is 45.2 Å². The molecule has 20 nitrogen and oxygen atoms in total. The highest BCUT2D eigenvalue weighted by Crippen LogP contribution is 2.37. The fraction of sp³-hybridized carbons (Fsp3) is 0.324. The lowest BCUT2D eigenvalue weighted by molar-refractivity contribution is -0.136. The van der Waals surface area contributed by atoms with Gasteiger partial charge in [0.25, 0.3) is 17.7 Å². The average Bonchev–Trinajstić information content (AvgIpc) is 3.74. The molecule has 0 spiro atoms. The Morgan fingerprint density at radius 2 is 1.70 bits per heavy atom. The number of piperidine rings is 1. The van der Waals surface area contributed by atoms with Gasteiger partial charge in [-0.15, -0.1) is 10.2 Å². The van der Waals surface area contributed by atoms with Gasteiger partial charge in [-0.25, -0.2) is 4.98 Å². The van der Waals surface area contributed by atoms with Crippen LogP contribution in [0.15, 0.2) is 48.8 Å². The highest BCUT2D eigenvalue weighted by molar-refractivity contribution is 6.25. The van der Waals surface area contributed by atoms with E-state index in [1.165, 1.54) is 26.3 Å². The molecule has 1 saturated heterocycles. The molecule has 296 valence electrons. The lowest BCUT2D eigenvalue weighted by Gasteiger charge is -2.27. The third kappa shape index (κ3) is 8.85. The maximum Gasteiger partial charge on any atom is 0.273 e. The van der Waals surface area contributed by atoms with Crippen molar-refractivity contribution in [3.63, 3.8) is 0 Å². The maximum absolute atomic E-state index is 13.3. The third-order valence-corrected chi connectivity index (χ3v) is 9.14. The average molecular weight is 781 g/mol. The molecule has 7 amide bonds. The summed E-state index contributed by atoms with van der Waals surface area (Å²) in [6.45, 7) is 0.104. The van der Waals surface area contributed by atoms with E-state index in [0.29, 0.717) is 54.3 Å². The number of imide groups is 2. The van der Waals surface area contributed by atoms with Crippen LogP contribution in [-0.4, -0.2) is 105 Å². The van der Waals surface area contributed by atoms with E-state index >= 15 is 0 Å². The summed E-state index contributed by atoms with van der Waals surface area (Å²) < 4.78 is 7.21. The Bertz CT molecular complexity index is 2260. The largest absolute Gasteiger partial charge is 0.494 e. The second kappa shape index (κ2) is 17.5. The number of carbonyl (C=O) groups is 7. The van der Waals surface area contributed by atoms with Crippen molar-refractivity contribution in [2.75, 3.05) is 43.2 Å². The number of fused-ring (bicyclic) bond motifs is 1. The van der Waals surface area contributed by atoms with Crippen LogP contribution in [0.2, 0.25) is 0 Å². The van der Waals surface area contributed by atoms with Gasteiger partial charge in [0.05, 0.1) is 41.7 Å². The third-order valence-electron chi connectivity index (χ3n) is 9.14. The van der Waals surface area contributed by atoms with Gasteiger partial charge in [0.1, 0.15) is 12.4 Å². The molecule has 4 heterocycles. The first-order chi connectivity index (χ1) is 27.5. The number of hydrogen-bond acceptors (Lipinski definition) is 14. The summed E-state index contributed by atoms with van der Waals surface area (Å²) in [5, 5.41) is 28.5. The number of benzene rings is 2. The number of anilines is 4. The van der Waals surface area contributed by atoms with Gasteiger partial charge in [-0.05, 0) is 43.5 Å². The molecule has 1 atom stereocenters. The first-order valence-electron chi connectivity index (χ1n) is 18.0. The Labute approximate surface area is 325 Å². The summed E-state index contributed by atoms with van der Waals surface area (Å²) in [6, 6.07) is 10.5. The van der Waals surface area contributed by atoms with E-state index in [2.05, 4.69) is 52.2 Å². The van der Waals surface area contributed by atoms with Crippen molar-refractivity contribution >= 4 is 64.2 Å². The van der Waals surface area contributed by atoms with E-state index in [4.69, 9.17) is 4.74 Å². The summed E-state index contributed by atoms with van der Waals surface area (Å²) in [7, 11) is 4.67. The molecular formula is C37H40N12O8. The minimum atomic E-state index is -1.05. The smallest absolute Gasteiger partial charge is 0.273 e. The maximum atomic E-state index is 13.3. The summed E-state index contributed by atoms with van der Waals surface area (Å²) in [5.41, 5.74) is 2.04. The van der Waals surface area contributed by atoms with Crippen molar-refractivity contribution in [3.8, 4) is 17.1 Å². The minimum absolute atomic E-state index is 0.0252. The molecule has 1 unspecified atom stereocenters. The molecule has 1 fully saturated rings. The van der Waals surface area contributed by atoms with Crippen molar-refractivity contribution in [3.05, 3.63) is 65.6 Å². The number of amides is 7. The van der Waals surface area contributed by atoms with E-state index in [1.807, 2.05) is 0 Å². The standard InChI is InChI=1S/C37H40N12O8/c1-38-35(54)31-24(42-23-12-8-10-21(32(23)57-3)33-41-19-48(2)47-33)17-26(45-46-31)43-29(52)18-40-27(50)13-5-4-6-16-39-22-11-7-9-20-30(22)37(56)49(36(20)55)25-14-15-28(51)44-34(25)53/h7-12,17,19,25,39H,4-6,13-16,18H2,1-3H3,(H,38,54)(H,40,50)(H,44,51,53)(H2,42,43,45,52). The molecule has 6 N–H and O–H groups in total. The second-order valence-corrected chi connectivity index (χ2v) is 13.1. The first-order valence-corrected chi connectivity index (χ1v) is 18.0. The molecule has 57 heavy (non-hydrogen) atoms. The summed E-state index contributed by atoms with van der Waals surface area (Å²) >= 11 is 0. The van der Waals surface area contributed by atoms with Crippen LogP contribution in [0, 0.1) is 0 Å². The van der Waals surface area contributed by atoms with Crippen LogP contribution in [-0.2, 0) is 26.2 Å². The van der Waals surface area contributed by atoms with Crippen molar-refractivity contribution in [2.24, 2.45) is 7.05 Å². The van der Waals surface area contributed by atoms with Crippen molar-refractivity contribution in [1.82, 2.24) is 45.8 Å². The fourth-order valence-corrected chi connectivity index (χ4v) is 6.40. The van der Waals surface area contributed by atoms with Crippen LogP contribution in [0.1, 0.15) is 69.7 Å². The second-order valence-electron chi connectivity index (χ2n) is 13.1.